The summed E-state index contributed by atoms with van der Waals surface area (Å²) >= 11 is 0. The summed E-state index contributed by atoms with van der Waals surface area (Å²) in [5.74, 6) is -2.00. The summed E-state index contributed by atoms with van der Waals surface area (Å²) < 4.78 is 9.63. The summed E-state index contributed by atoms with van der Waals surface area (Å²) in [6.45, 7) is 2.34. The van der Waals surface area contributed by atoms with Crippen molar-refractivity contribution in [1.82, 2.24) is 5.32 Å². The smallest absolute Gasteiger partial charge is 0.326 e. The van der Waals surface area contributed by atoms with Crippen molar-refractivity contribution in [2.45, 2.75) is 19.4 Å². The number of benzene rings is 1. The van der Waals surface area contributed by atoms with Crippen LogP contribution in [0.2, 0.25) is 0 Å². The third-order valence-electron chi connectivity index (χ3n) is 2.63. The third-order valence-corrected chi connectivity index (χ3v) is 2.63. The first-order chi connectivity index (χ1) is 9.97. The Balaban J connectivity index is 2.72. The van der Waals surface area contributed by atoms with Crippen LogP contribution in [-0.4, -0.2) is 42.7 Å². The molecule has 1 rings (SSSR count). The fraction of sp³-hybridized carbons (Fsp3) is 0.357. The van der Waals surface area contributed by atoms with Gasteiger partial charge in [-0.3, -0.25) is 9.59 Å². The molecule has 2 N–H and O–H groups in total. The number of hydrogen-bond acceptors (Lipinski definition) is 5. The Hall–Kier alpha value is -2.57. The number of carboxylic acid groups (broad SMARTS) is 1. The molecule has 7 nitrogen and oxygen atoms in total. The zero-order valence-corrected chi connectivity index (χ0v) is 11.8. The number of carbonyl (C=O) groups is 3. The van der Waals surface area contributed by atoms with E-state index in [1.807, 2.05) is 6.92 Å². The van der Waals surface area contributed by atoms with Gasteiger partial charge in [0.2, 0.25) is 0 Å². The first kappa shape index (κ1) is 16.5. The van der Waals surface area contributed by atoms with Gasteiger partial charge >= 0.3 is 11.9 Å². The van der Waals surface area contributed by atoms with E-state index in [-0.39, 0.29) is 5.56 Å². The van der Waals surface area contributed by atoms with Crippen LogP contribution in [0.5, 0.6) is 5.75 Å². The minimum atomic E-state index is -1.34. The Bertz CT molecular complexity index is 511. The van der Waals surface area contributed by atoms with Gasteiger partial charge in [-0.25, -0.2) is 4.79 Å². The Kier molecular flexibility index (Phi) is 6.19. The highest BCUT2D eigenvalue weighted by molar-refractivity contribution is 5.97. The molecule has 0 fully saturated rings. The van der Waals surface area contributed by atoms with E-state index in [1.54, 1.807) is 12.1 Å². The van der Waals surface area contributed by atoms with E-state index in [0.29, 0.717) is 12.4 Å². The lowest BCUT2D eigenvalue weighted by atomic mass is 10.1. The topological polar surface area (TPSA) is 102 Å². The Morgan fingerprint density at radius 1 is 1.24 bits per heavy atom. The summed E-state index contributed by atoms with van der Waals surface area (Å²) in [4.78, 5) is 34.1. The van der Waals surface area contributed by atoms with Crippen molar-refractivity contribution in [2.24, 2.45) is 0 Å². The van der Waals surface area contributed by atoms with Crippen LogP contribution >= 0.6 is 0 Å². The minimum Gasteiger partial charge on any atom is -0.494 e. The van der Waals surface area contributed by atoms with Gasteiger partial charge in [-0.05, 0) is 31.2 Å². The molecule has 0 unspecified atom stereocenters. The van der Waals surface area contributed by atoms with Gasteiger partial charge in [-0.1, -0.05) is 0 Å². The van der Waals surface area contributed by atoms with E-state index in [4.69, 9.17) is 9.84 Å². The van der Waals surface area contributed by atoms with Gasteiger partial charge < -0.3 is 19.9 Å². The predicted molar refractivity (Wildman–Crippen MR) is 73.1 cm³/mol. The van der Waals surface area contributed by atoms with Crippen molar-refractivity contribution in [3.8, 4) is 5.75 Å². The zero-order valence-electron chi connectivity index (χ0n) is 11.8. The normalized spacial score (nSPS) is 11.3. The fourth-order valence-electron chi connectivity index (χ4n) is 1.56. The predicted octanol–water partition coefficient (Wildman–Crippen LogP) is 0.831. The molecule has 0 aliphatic heterocycles. The van der Waals surface area contributed by atoms with Gasteiger partial charge in [0.1, 0.15) is 11.8 Å². The molecule has 0 spiro atoms. The average Bonchev–Trinajstić information content (AvgIpc) is 2.47. The molecule has 1 aromatic rings. The van der Waals surface area contributed by atoms with Gasteiger partial charge in [0, 0.05) is 5.56 Å². The quantitative estimate of drug-likeness (QED) is 0.722. The van der Waals surface area contributed by atoms with Gasteiger partial charge in [-0.2, -0.15) is 0 Å². The van der Waals surface area contributed by atoms with Crippen molar-refractivity contribution in [3.63, 3.8) is 0 Å². The number of nitrogens with one attached hydrogen (secondary N) is 1. The number of amides is 1. The van der Waals surface area contributed by atoms with Gasteiger partial charge in [0.15, 0.2) is 0 Å². The van der Waals surface area contributed by atoms with Crippen LogP contribution in [0.3, 0.4) is 0 Å². The molecule has 1 aromatic carbocycles. The van der Waals surface area contributed by atoms with E-state index in [2.05, 4.69) is 10.1 Å². The van der Waals surface area contributed by atoms with E-state index in [9.17, 15) is 14.4 Å². The second kappa shape index (κ2) is 7.88. The molecule has 1 atom stereocenters. The molecule has 0 bridgehead atoms. The second-order valence-corrected chi connectivity index (χ2v) is 4.10. The second-order valence-electron chi connectivity index (χ2n) is 4.10. The minimum absolute atomic E-state index is 0.273. The Labute approximate surface area is 121 Å². The largest absolute Gasteiger partial charge is 0.494 e. The number of rotatable bonds is 7. The number of ether oxygens (including phenoxy) is 2. The van der Waals surface area contributed by atoms with Crippen molar-refractivity contribution in [1.29, 1.82) is 0 Å². The van der Waals surface area contributed by atoms with E-state index < -0.39 is 30.3 Å². The van der Waals surface area contributed by atoms with Crippen LogP contribution in [0.25, 0.3) is 0 Å². The van der Waals surface area contributed by atoms with Gasteiger partial charge in [0.25, 0.3) is 5.91 Å². The summed E-state index contributed by atoms with van der Waals surface area (Å²) in [5, 5.41) is 11.3. The van der Waals surface area contributed by atoms with Gasteiger partial charge in [0.05, 0.1) is 20.1 Å². The van der Waals surface area contributed by atoms with E-state index in [0.717, 1.165) is 7.11 Å². The highest BCUT2D eigenvalue weighted by Crippen LogP contribution is 2.12. The molecule has 0 saturated carbocycles. The molecule has 7 heteroatoms. The third kappa shape index (κ3) is 5.13. The lowest BCUT2D eigenvalue weighted by Crippen LogP contribution is -2.42. The molecule has 0 aromatic heterocycles. The molecule has 1 amide bonds. The maximum atomic E-state index is 11.9. The molecule has 21 heavy (non-hydrogen) atoms. The summed E-state index contributed by atoms with van der Waals surface area (Å²) in [7, 11) is 1.15. The molecule has 0 heterocycles. The maximum Gasteiger partial charge on any atom is 0.326 e. The van der Waals surface area contributed by atoms with Crippen LogP contribution in [-0.2, 0) is 14.3 Å². The molecule has 0 saturated heterocycles. The highest BCUT2D eigenvalue weighted by atomic mass is 16.5. The summed E-state index contributed by atoms with van der Waals surface area (Å²) in [6, 6.07) is 4.90. The molecule has 0 aliphatic rings. The van der Waals surface area contributed by atoms with Gasteiger partial charge in [-0.15, -0.1) is 0 Å². The van der Waals surface area contributed by atoms with Crippen LogP contribution < -0.4 is 10.1 Å². The zero-order chi connectivity index (χ0) is 15.8. The Morgan fingerprint density at radius 3 is 2.33 bits per heavy atom. The average molecular weight is 295 g/mol. The van der Waals surface area contributed by atoms with Crippen molar-refractivity contribution in [2.75, 3.05) is 13.7 Å². The lowest BCUT2D eigenvalue weighted by Gasteiger charge is -2.13. The molecule has 114 valence electrons. The molecule has 0 aliphatic carbocycles. The number of aliphatic carboxylic acids is 1. The van der Waals surface area contributed by atoms with Crippen LogP contribution in [0.4, 0.5) is 0 Å². The fourth-order valence-corrected chi connectivity index (χ4v) is 1.56. The maximum absolute atomic E-state index is 11.9. The first-order valence-electron chi connectivity index (χ1n) is 6.31. The highest BCUT2D eigenvalue weighted by Gasteiger charge is 2.24. The van der Waals surface area contributed by atoms with Crippen LogP contribution in [0.15, 0.2) is 24.3 Å². The Morgan fingerprint density at radius 2 is 1.86 bits per heavy atom. The van der Waals surface area contributed by atoms with Crippen LogP contribution in [0.1, 0.15) is 23.7 Å². The number of carbonyl (C=O) groups excluding carboxylic acids is 2. The molecular weight excluding hydrogens is 278 g/mol. The standard InChI is InChI=1S/C14H17NO6/c1-3-21-10-6-4-9(5-7-10)13(17)15-11(14(18)19)8-12(16)20-2/h4-7,11H,3,8H2,1-2H3,(H,15,17)(H,18,19)/t11-/m0/s1. The van der Waals surface area contributed by atoms with Crippen molar-refractivity contribution in [3.05, 3.63) is 29.8 Å². The van der Waals surface area contributed by atoms with E-state index >= 15 is 0 Å². The van der Waals surface area contributed by atoms with Crippen molar-refractivity contribution >= 4 is 17.8 Å². The van der Waals surface area contributed by atoms with Crippen molar-refractivity contribution < 1.29 is 29.0 Å². The number of carboxylic acids is 1. The van der Waals surface area contributed by atoms with E-state index in [1.165, 1.54) is 12.1 Å². The molecule has 0 radical (unpaired) electrons. The SMILES string of the molecule is CCOc1ccc(C(=O)N[C@@H](CC(=O)OC)C(=O)O)cc1. The first-order valence-corrected chi connectivity index (χ1v) is 6.31. The number of esters is 1. The monoisotopic (exact) mass is 295 g/mol. The summed E-state index contributed by atoms with van der Waals surface area (Å²) in [5.41, 5.74) is 0.273. The number of methoxy groups -OCH3 is 1. The summed E-state index contributed by atoms with van der Waals surface area (Å²) in [6.07, 6.45) is -0.436. The molecular formula is C14H17NO6. The lowest BCUT2D eigenvalue weighted by molar-refractivity contribution is -0.147. The van der Waals surface area contributed by atoms with Crippen LogP contribution in [0, 0.1) is 0 Å². The number of hydrogen-bond donors (Lipinski definition) is 2.